The van der Waals surface area contributed by atoms with Gasteiger partial charge in [0.1, 0.15) is 0 Å². The van der Waals surface area contributed by atoms with Crippen LogP contribution in [0, 0.1) is 5.92 Å². The van der Waals surface area contributed by atoms with Gasteiger partial charge in [-0.2, -0.15) is 0 Å². The van der Waals surface area contributed by atoms with Gasteiger partial charge in [-0.15, -0.1) is 0 Å². The highest BCUT2D eigenvalue weighted by Gasteiger charge is 2.22. The van der Waals surface area contributed by atoms with Crippen molar-refractivity contribution < 1.29 is 9.59 Å². The Balaban J connectivity index is 1.44. The Bertz CT molecular complexity index is 1090. The summed E-state index contributed by atoms with van der Waals surface area (Å²) in [6, 6.07) is 23.5. The minimum absolute atomic E-state index is 0.0262. The molecule has 1 heterocycles. The number of hydrogen-bond donors (Lipinski definition) is 1. The molecule has 0 radical (unpaired) electrons. The van der Waals surface area contributed by atoms with Crippen LogP contribution >= 0.6 is 11.6 Å². The topological polar surface area (TPSA) is 49.4 Å². The Kier molecular flexibility index (Phi) is 6.91. The summed E-state index contributed by atoms with van der Waals surface area (Å²) in [5.41, 5.74) is 4.89. The molecule has 0 bridgehead atoms. The molecular weight excluding hydrogens is 420 g/mol. The molecule has 0 spiro atoms. The van der Waals surface area contributed by atoms with E-state index in [0.717, 1.165) is 48.1 Å². The molecule has 0 aliphatic carbocycles. The van der Waals surface area contributed by atoms with E-state index < -0.39 is 0 Å². The molecule has 4 rings (SSSR count). The molecule has 3 aromatic carbocycles. The van der Waals surface area contributed by atoms with Gasteiger partial charge in [0, 0.05) is 36.6 Å². The zero-order valence-electron chi connectivity index (χ0n) is 18.2. The van der Waals surface area contributed by atoms with Crippen LogP contribution in [0.1, 0.15) is 34.3 Å². The Hall–Kier alpha value is -3.11. The van der Waals surface area contributed by atoms with Crippen LogP contribution in [-0.2, 0) is 17.8 Å². The van der Waals surface area contributed by atoms with Gasteiger partial charge in [-0.25, -0.2) is 0 Å². The Morgan fingerprint density at radius 2 is 1.72 bits per heavy atom. The maximum atomic E-state index is 13.0. The quantitative estimate of drug-likeness (QED) is 0.555. The lowest BCUT2D eigenvalue weighted by Crippen LogP contribution is -2.37. The van der Waals surface area contributed by atoms with Crippen molar-refractivity contribution in [3.8, 4) is 11.1 Å². The van der Waals surface area contributed by atoms with Crippen molar-refractivity contribution in [3.05, 3.63) is 94.5 Å². The van der Waals surface area contributed by atoms with Crippen LogP contribution < -0.4 is 5.32 Å². The number of hydrogen-bond acceptors (Lipinski definition) is 2. The summed E-state index contributed by atoms with van der Waals surface area (Å²) < 4.78 is 0. The Morgan fingerprint density at radius 1 is 1.00 bits per heavy atom. The molecule has 32 heavy (non-hydrogen) atoms. The van der Waals surface area contributed by atoms with Gasteiger partial charge >= 0.3 is 0 Å². The summed E-state index contributed by atoms with van der Waals surface area (Å²) in [6.45, 7) is 1.31. The SMILES string of the molecule is CN(Cc1ccc(Cl)cc1)C(=O)c1cccc(-c2ccc(C[C@H]3CCCNC3=O)cc2)c1. The average molecular weight is 447 g/mol. The number of halogens is 1. The zero-order valence-corrected chi connectivity index (χ0v) is 18.9. The van der Waals surface area contributed by atoms with Gasteiger partial charge in [-0.05, 0) is 65.8 Å². The molecule has 0 saturated carbocycles. The molecule has 0 unspecified atom stereocenters. The average Bonchev–Trinajstić information content (AvgIpc) is 2.82. The van der Waals surface area contributed by atoms with Crippen molar-refractivity contribution in [1.82, 2.24) is 10.2 Å². The number of amides is 2. The van der Waals surface area contributed by atoms with Crippen LogP contribution in [-0.4, -0.2) is 30.3 Å². The first-order chi connectivity index (χ1) is 15.5. The van der Waals surface area contributed by atoms with E-state index in [9.17, 15) is 9.59 Å². The first-order valence-corrected chi connectivity index (χ1v) is 11.3. The molecule has 1 aliphatic rings. The van der Waals surface area contributed by atoms with E-state index in [-0.39, 0.29) is 17.7 Å². The van der Waals surface area contributed by atoms with E-state index in [2.05, 4.69) is 29.6 Å². The standard InChI is InChI=1S/C27H27ClN2O2/c1-30(18-20-9-13-25(28)14-10-20)27(32)24-5-2-4-22(17-24)21-11-7-19(8-12-21)16-23-6-3-15-29-26(23)31/h2,4-5,7-14,17,23H,3,6,15-16,18H2,1H3,(H,29,31)/t23-/m1/s1. The third-order valence-corrected chi connectivity index (χ3v) is 6.21. The minimum atomic E-state index is -0.0262. The van der Waals surface area contributed by atoms with Crippen LogP contribution in [0.2, 0.25) is 5.02 Å². The van der Waals surface area contributed by atoms with Gasteiger partial charge < -0.3 is 10.2 Å². The van der Waals surface area contributed by atoms with Crippen LogP contribution in [0.4, 0.5) is 0 Å². The molecule has 5 heteroatoms. The molecule has 2 amide bonds. The van der Waals surface area contributed by atoms with Gasteiger partial charge in [0.25, 0.3) is 5.91 Å². The molecule has 3 aromatic rings. The summed E-state index contributed by atoms with van der Waals surface area (Å²) in [5.74, 6) is 0.197. The number of nitrogens with one attached hydrogen (secondary N) is 1. The highest BCUT2D eigenvalue weighted by atomic mass is 35.5. The summed E-state index contributed by atoms with van der Waals surface area (Å²) in [5, 5.41) is 3.64. The molecule has 1 saturated heterocycles. The van der Waals surface area contributed by atoms with Gasteiger partial charge in [0.2, 0.25) is 5.91 Å². The molecular formula is C27H27ClN2O2. The molecule has 1 N–H and O–H groups in total. The number of carbonyl (C=O) groups is 2. The maximum absolute atomic E-state index is 13.0. The van der Waals surface area contributed by atoms with Crippen LogP contribution in [0.25, 0.3) is 11.1 Å². The largest absolute Gasteiger partial charge is 0.356 e. The fraction of sp³-hybridized carbons (Fsp3) is 0.259. The van der Waals surface area contributed by atoms with Crippen molar-refractivity contribution in [2.24, 2.45) is 5.92 Å². The molecule has 164 valence electrons. The van der Waals surface area contributed by atoms with E-state index in [1.165, 1.54) is 0 Å². The lowest BCUT2D eigenvalue weighted by molar-refractivity contribution is -0.126. The lowest BCUT2D eigenvalue weighted by atomic mass is 9.91. The number of rotatable bonds is 6. The first-order valence-electron chi connectivity index (χ1n) is 11.0. The van der Waals surface area contributed by atoms with Crippen molar-refractivity contribution in [2.45, 2.75) is 25.8 Å². The highest BCUT2D eigenvalue weighted by Crippen LogP contribution is 2.24. The number of nitrogens with zero attached hydrogens (tertiary/aromatic N) is 1. The van der Waals surface area contributed by atoms with Crippen LogP contribution in [0.5, 0.6) is 0 Å². The first kappa shape index (κ1) is 22.1. The number of carbonyl (C=O) groups excluding carboxylic acids is 2. The van der Waals surface area contributed by atoms with Gasteiger partial charge in [0.15, 0.2) is 0 Å². The fourth-order valence-electron chi connectivity index (χ4n) is 4.14. The summed E-state index contributed by atoms with van der Waals surface area (Å²) in [4.78, 5) is 26.7. The minimum Gasteiger partial charge on any atom is -0.356 e. The summed E-state index contributed by atoms with van der Waals surface area (Å²) in [6.07, 6.45) is 2.75. The molecule has 0 aromatic heterocycles. The number of piperidine rings is 1. The predicted molar refractivity (Wildman–Crippen MR) is 129 cm³/mol. The van der Waals surface area contributed by atoms with Gasteiger partial charge in [-0.3, -0.25) is 9.59 Å². The normalized spacial score (nSPS) is 15.8. The van der Waals surface area contributed by atoms with Gasteiger partial charge in [-0.1, -0.05) is 60.1 Å². The summed E-state index contributed by atoms with van der Waals surface area (Å²) >= 11 is 5.95. The van der Waals surface area contributed by atoms with Crippen molar-refractivity contribution >= 4 is 23.4 Å². The maximum Gasteiger partial charge on any atom is 0.253 e. The second-order valence-corrected chi connectivity index (χ2v) is 8.84. The van der Waals surface area contributed by atoms with E-state index in [0.29, 0.717) is 17.1 Å². The predicted octanol–water partition coefficient (Wildman–Crippen LogP) is 5.35. The molecule has 1 aliphatic heterocycles. The third kappa shape index (κ3) is 5.38. The number of benzene rings is 3. The van der Waals surface area contributed by atoms with E-state index >= 15 is 0 Å². The van der Waals surface area contributed by atoms with Crippen molar-refractivity contribution in [2.75, 3.05) is 13.6 Å². The van der Waals surface area contributed by atoms with Gasteiger partial charge in [0.05, 0.1) is 0 Å². The molecule has 1 atom stereocenters. The fourth-order valence-corrected chi connectivity index (χ4v) is 4.26. The zero-order chi connectivity index (χ0) is 22.5. The lowest BCUT2D eigenvalue weighted by Gasteiger charge is -2.21. The monoisotopic (exact) mass is 446 g/mol. The summed E-state index contributed by atoms with van der Waals surface area (Å²) in [7, 11) is 1.81. The smallest absolute Gasteiger partial charge is 0.253 e. The Labute approximate surface area is 194 Å². The van der Waals surface area contributed by atoms with Crippen molar-refractivity contribution in [3.63, 3.8) is 0 Å². The van der Waals surface area contributed by atoms with E-state index in [1.54, 1.807) is 11.9 Å². The Morgan fingerprint density at radius 3 is 2.44 bits per heavy atom. The highest BCUT2D eigenvalue weighted by molar-refractivity contribution is 6.30. The van der Waals surface area contributed by atoms with Crippen LogP contribution in [0.3, 0.4) is 0 Å². The van der Waals surface area contributed by atoms with Crippen molar-refractivity contribution in [1.29, 1.82) is 0 Å². The van der Waals surface area contributed by atoms with E-state index in [1.807, 2.05) is 48.5 Å². The van der Waals surface area contributed by atoms with Crippen LogP contribution in [0.15, 0.2) is 72.8 Å². The molecule has 4 nitrogen and oxygen atoms in total. The second kappa shape index (κ2) is 10.0. The van der Waals surface area contributed by atoms with E-state index in [4.69, 9.17) is 11.6 Å². The third-order valence-electron chi connectivity index (χ3n) is 5.96. The molecule has 1 fully saturated rings. The second-order valence-electron chi connectivity index (χ2n) is 8.40.